The number of hydrogen-bond acceptors (Lipinski definition) is 0. The fourth-order valence-electron chi connectivity index (χ4n) is 1.69. The van der Waals surface area contributed by atoms with Crippen LogP contribution < -0.4 is 17.0 Å². The van der Waals surface area contributed by atoms with E-state index in [2.05, 4.69) is 41.3 Å². The largest absolute Gasteiger partial charge is 1.00 e. The highest BCUT2D eigenvalue weighted by molar-refractivity contribution is 5.52. The number of H-pyrrole nitrogens is 1. The van der Waals surface area contributed by atoms with E-state index in [1.165, 1.54) is 16.7 Å². The highest BCUT2D eigenvalue weighted by atomic mass is 35.5. The Labute approximate surface area is 102 Å². The van der Waals surface area contributed by atoms with Crippen molar-refractivity contribution < 1.29 is 17.0 Å². The molecule has 1 aromatic carbocycles. The normalized spacial score (nSPS) is 9.56. The molecule has 0 bridgehead atoms. The van der Waals surface area contributed by atoms with Gasteiger partial charge in [0.05, 0.1) is 0 Å². The summed E-state index contributed by atoms with van der Waals surface area (Å²) in [4.78, 5) is 3.03. The van der Waals surface area contributed by atoms with E-state index < -0.39 is 0 Å². The summed E-state index contributed by atoms with van der Waals surface area (Å²) in [5, 5.41) is 0. The zero-order valence-corrected chi connectivity index (χ0v) is 10.0. The molecule has 0 fully saturated rings. The molecule has 1 heterocycles. The molecule has 0 saturated carbocycles. The van der Waals surface area contributed by atoms with Gasteiger partial charge in [-0.3, -0.25) is 4.98 Å². The summed E-state index contributed by atoms with van der Waals surface area (Å²) in [6.45, 7) is 6.80. The molecule has 2 nitrogen and oxygen atoms in total. The molecule has 0 unspecified atom stereocenters. The maximum Gasteiger partial charge on any atom is 0.241 e. The first-order valence-corrected chi connectivity index (χ1v) is 5.03. The molecule has 1 N–H and O–H groups in total. The lowest BCUT2D eigenvalue weighted by Crippen LogP contribution is -3.00. The predicted molar refractivity (Wildman–Crippen MR) is 61.4 cm³/mol. The van der Waals surface area contributed by atoms with E-state index in [9.17, 15) is 0 Å². The number of hydrogen-bond donors (Lipinski definition) is 1. The van der Waals surface area contributed by atoms with Crippen molar-refractivity contribution >= 4 is 6.08 Å². The third kappa shape index (κ3) is 2.74. The van der Waals surface area contributed by atoms with Crippen LogP contribution in [0.25, 0.3) is 6.08 Å². The number of rotatable bonds is 3. The highest BCUT2D eigenvalue weighted by Crippen LogP contribution is 2.11. The van der Waals surface area contributed by atoms with E-state index in [1.807, 2.05) is 24.8 Å². The molecule has 16 heavy (non-hydrogen) atoms. The lowest BCUT2D eigenvalue weighted by atomic mass is 10.1. The summed E-state index contributed by atoms with van der Waals surface area (Å²) in [5.41, 5.74) is 3.79. The summed E-state index contributed by atoms with van der Waals surface area (Å²) in [5.74, 6) is 0. The Hall–Kier alpha value is -1.54. The number of benzene rings is 1. The van der Waals surface area contributed by atoms with Crippen LogP contribution in [0.2, 0.25) is 0 Å². The summed E-state index contributed by atoms with van der Waals surface area (Å²) in [6.07, 6.45) is 7.79. The van der Waals surface area contributed by atoms with E-state index in [1.54, 1.807) is 0 Å². The van der Waals surface area contributed by atoms with Crippen molar-refractivity contribution in [3.63, 3.8) is 0 Å². The Morgan fingerprint density at radius 1 is 1.44 bits per heavy atom. The molecule has 2 aromatic rings. The van der Waals surface area contributed by atoms with E-state index >= 15 is 0 Å². The zero-order valence-electron chi connectivity index (χ0n) is 9.28. The minimum Gasteiger partial charge on any atom is -1.00 e. The van der Waals surface area contributed by atoms with Crippen LogP contribution in [0.5, 0.6) is 0 Å². The molecular formula is C13H15ClN2. The van der Waals surface area contributed by atoms with E-state index in [4.69, 9.17) is 0 Å². The van der Waals surface area contributed by atoms with E-state index in [0.29, 0.717) is 0 Å². The first kappa shape index (κ1) is 12.5. The quantitative estimate of drug-likeness (QED) is 0.679. The van der Waals surface area contributed by atoms with Gasteiger partial charge < -0.3 is 12.4 Å². The minimum atomic E-state index is 0. The Bertz CT molecular complexity index is 461. The van der Waals surface area contributed by atoms with Crippen LogP contribution in [0.3, 0.4) is 0 Å². The fraction of sp³-hybridized carbons (Fsp3) is 0.154. The Morgan fingerprint density at radius 3 is 2.81 bits per heavy atom. The van der Waals surface area contributed by atoms with Gasteiger partial charge >= 0.3 is 0 Å². The van der Waals surface area contributed by atoms with Crippen molar-refractivity contribution in [1.82, 2.24) is 4.98 Å². The molecule has 0 amide bonds. The predicted octanol–water partition coefficient (Wildman–Crippen LogP) is -0.694. The van der Waals surface area contributed by atoms with Crippen LogP contribution in [-0.4, -0.2) is 4.98 Å². The minimum absolute atomic E-state index is 0. The van der Waals surface area contributed by atoms with Gasteiger partial charge in [0, 0.05) is 0 Å². The lowest BCUT2D eigenvalue weighted by Gasteiger charge is -2.03. The molecule has 1 aromatic heterocycles. The average molecular weight is 235 g/mol. The zero-order chi connectivity index (χ0) is 10.7. The van der Waals surface area contributed by atoms with E-state index in [-0.39, 0.29) is 12.4 Å². The third-order valence-corrected chi connectivity index (χ3v) is 2.52. The summed E-state index contributed by atoms with van der Waals surface area (Å²) < 4.78 is 2.11. The summed E-state index contributed by atoms with van der Waals surface area (Å²) >= 11 is 0. The monoisotopic (exact) mass is 234 g/mol. The van der Waals surface area contributed by atoms with Gasteiger partial charge in [-0.25, -0.2) is 4.57 Å². The average Bonchev–Trinajstić information content (AvgIpc) is 2.71. The molecule has 0 spiro atoms. The molecule has 3 heteroatoms. The van der Waals surface area contributed by atoms with Crippen molar-refractivity contribution in [3.8, 4) is 0 Å². The first-order valence-electron chi connectivity index (χ1n) is 5.03. The number of nitrogens with zero attached hydrogens (tertiary/aromatic N) is 1. The number of halogens is 1. The maximum absolute atomic E-state index is 3.79. The van der Waals surface area contributed by atoms with Gasteiger partial charge in [-0.15, -0.1) is 0 Å². The van der Waals surface area contributed by atoms with Crippen LogP contribution in [0.4, 0.5) is 0 Å². The smallest absolute Gasteiger partial charge is 0.241 e. The van der Waals surface area contributed by atoms with Gasteiger partial charge in [-0.2, -0.15) is 0 Å². The second-order valence-corrected chi connectivity index (χ2v) is 3.68. The van der Waals surface area contributed by atoms with Crippen LogP contribution >= 0.6 is 0 Å². The highest BCUT2D eigenvalue weighted by Gasteiger charge is 2.01. The van der Waals surface area contributed by atoms with Gasteiger partial charge in [0.2, 0.25) is 6.33 Å². The standard InChI is InChI=1S/C13H14N2.ClH/c1-3-13-5-4-12(8-11(13)2)9-15-7-6-14-10-15;/h3-8,10H,1,9H2,2H3;1H. The Morgan fingerprint density at radius 2 is 2.25 bits per heavy atom. The maximum atomic E-state index is 3.79. The summed E-state index contributed by atoms with van der Waals surface area (Å²) in [7, 11) is 0. The molecule has 0 saturated heterocycles. The summed E-state index contributed by atoms with van der Waals surface area (Å²) in [6, 6.07) is 6.46. The van der Waals surface area contributed by atoms with Gasteiger partial charge in [-0.05, 0) is 23.6 Å². The molecule has 84 valence electrons. The second-order valence-electron chi connectivity index (χ2n) is 3.68. The van der Waals surface area contributed by atoms with Crippen LogP contribution in [0, 0.1) is 6.92 Å². The Balaban J connectivity index is 0.00000128. The van der Waals surface area contributed by atoms with E-state index in [0.717, 1.165) is 6.54 Å². The molecule has 0 aliphatic carbocycles. The van der Waals surface area contributed by atoms with Crippen LogP contribution in [-0.2, 0) is 6.54 Å². The molecule has 2 rings (SSSR count). The van der Waals surface area contributed by atoms with Crippen molar-refractivity contribution in [2.45, 2.75) is 13.5 Å². The van der Waals surface area contributed by atoms with Crippen molar-refractivity contribution in [2.75, 3.05) is 0 Å². The lowest BCUT2D eigenvalue weighted by molar-refractivity contribution is -0.687. The number of imidazole rings is 1. The Kier molecular flexibility index (Phi) is 4.32. The second kappa shape index (κ2) is 5.52. The topological polar surface area (TPSA) is 19.7 Å². The van der Waals surface area contributed by atoms with Crippen molar-refractivity contribution in [1.29, 1.82) is 0 Å². The number of aromatic amines is 1. The molecule has 0 aliphatic heterocycles. The third-order valence-electron chi connectivity index (χ3n) is 2.52. The van der Waals surface area contributed by atoms with Gasteiger partial charge in [0.15, 0.2) is 0 Å². The number of aromatic nitrogens is 2. The van der Waals surface area contributed by atoms with Crippen LogP contribution in [0.15, 0.2) is 43.5 Å². The molecule has 0 aliphatic rings. The van der Waals surface area contributed by atoms with Crippen LogP contribution in [0.1, 0.15) is 16.7 Å². The van der Waals surface area contributed by atoms with Crippen molar-refractivity contribution in [3.05, 3.63) is 60.2 Å². The van der Waals surface area contributed by atoms with Gasteiger partial charge in [0.25, 0.3) is 0 Å². The first-order chi connectivity index (χ1) is 7.29. The van der Waals surface area contributed by atoms with Crippen molar-refractivity contribution in [2.24, 2.45) is 0 Å². The molecule has 0 atom stereocenters. The molecule has 0 radical (unpaired) electrons. The number of nitrogens with one attached hydrogen (secondary N) is 1. The number of aryl methyl sites for hydroxylation is 1. The van der Waals surface area contributed by atoms with Gasteiger partial charge in [0.1, 0.15) is 18.9 Å². The fourth-order valence-corrected chi connectivity index (χ4v) is 1.69. The SMILES string of the molecule is C=Cc1ccc(C[n+]2cc[nH]c2)cc1C.[Cl-]. The van der Waals surface area contributed by atoms with Gasteiger partial charge in [-0.1, -0.05) is 30.9 Å². The molecular weight excluding hydrogens is 220 g/mol.